The molecule has 0 radical (unpaired) electrons. The first-order valence-electron chi connectivity index (χ1n) is 10.5. The summed E-state index contributed by atoms with van der Waals surface area (Å²) in [4.78, 5) is 11.3. The van der Waals surface area contributed by atoms with Crippen LogP contribution >= 0.6 is 0 Å². The Morgan fingerprint density at radius 1 is 0.697 bits per heavy atom. The third-order valence-electron chi connectivity index (χ3n) is 5.51. The molecule has 0 atom stereocenters. The van der Waals surface area contributed by atoms with Crippen molar-refractivity contribution in [2.45, 2.75) is 13.1 Å². The molecule has 7 heteroatoms. The lowest BCUT2D eigenvalue weighted by Crippen LogP contribution is -2.24. The summed E-state index contributed by atoms with van der Waals surface area (Å²) in [6, 6.07) is 17.7. The molecule has 0 aliphatic heterocycles. The van der Waals surface area contributed by atoms with Crippen LogP contribution < -0.4 is 23.8 Å². The van der Waals surface area contributed by atoms with Crippen molar-refractivity contribution in [3.05, 3.63) is 78.1 Å². The molecule has 2 aromatic heterocycles. The molecule has 4 aromatic rings. The predicted octanol–water partition coefficient (Wildman–Crippen LogP) is 4.87. The lowest BCUT2D eigenvalue weighted by atomic mass is 10.1. The average molecular weight is 446 g/mol. The van der Waals surface area contributed by atoms with E-state index in [0.717, 1.165) is 50.8 Å². The van der Waals surface area contributed by atoms with Crippen molar-refractivity contribution >= 4 is 16.7 Å². The molecule has 2 heterocycles. The Morgan fingerprint density at radius 2 is 1.30 bits per heavy atom. The Morgan fingerprint density at radius 3 is 1.85 bits per heavy atom. The molecule has 0 saturated carbocycles. The van der Waals surface area contributed by atoms with Gasteiger partial charge in [0.25, 0.3) is 0 Å². The normalized spacial score (nSPS) is 10.7. The minimum absolute atomic E-state index is 0.571. The molecule has 0 spiro atoms. The molecule has 0 aliphatic rings. The van der Waals surface area contributed by atoms with Crippen LogP contribution in [0.5, 0.6) is 23.0 Å². The summed E-state index contributed by atoms with van der Waals surface area (Å²) < 4.78 is 22.0. The van der Waals surface area contributed by atoms with Gasteiger partial charge in [-0.2, -0.15) is 0 Å². The van der Waals surface area contributed by atoms with Crippen molar-refractivity contribution in [1.82, 2.24) is 9.97 Å². The zero-order chi connectivity index (χ0) is 23.2. The van der Waals surface area contributed by atoms with E-state index in [4.69, 9.17) is 23.9 Å². The second kappa shape index (κ2) is 10.1. The van der Waals surface area contributed by atoms with Crippen LogP contribution in [0.15, 0.2) is 67.0 Å². The van der Waals surface area contributed by atoms with E-state index < -0.39 is 0 Å². The smallest absolute Gasteiger partial charge is 0.129 e. The standard InChI is InChI=1S/C26H27N3O4/c1-30-21-8-5-19(24(13-21)32-3)16-29(17-20-6-9-22(31-2)14-25(20)33-4)26-10-7-18-11-12-27-15-23(18)28-26/h5-15H,16-17H2,1-4H3. The fourth-order valence-electron chi connectivity index (χ4n) is 3.73. The maximum absolute atomic E-state index is 5.64. The lowest BCUT2D eigenvalue weighted by molar-refractivity contribution is 0.389. The number of ether oxygens (including phenoxy) is 4. The molecule has 0 unspecified atom stereocenters. The second-order valence-electron chi connectivity index (χ2n) is 7.45. The minimum atomic E-state index is 0.571. The van der Waals surface area contributed by atoms with Gasteiger partial charge in [-0.1, -0.05) is 0 Å². The first-order chi connectivity index (χ1) is 16.1. The number of nitrogens with zero attached hydrogens (tertiary/aromatic N) is 3. The number of hydrogen-bond donors (Lipinski definition) is 0. The van der Waals surface area contributed by atoms with Gasteiger partial charge < -0.3 is 23.8 Å². The maximum atomic E-state index is 5.64. The highest BCUT2D eigenvalue weighted by molar-refractivity contribution is 5.79. The molecular formula is C26H27N3O4. The molecule has 33 heavy (non-hydrogen) atoms. The first-order valence-corrected chi connectivity index (χ1v) is 10.5. The van der Waals surface area contributed by atoms with Crippen molar-refractivity contribution in [1.29, 1.82) is 0 Å². The van der Waals surface area contributed by atoms with Crippen molar-refractivity contribution < 1.29 is 18.9 Å². The summed E-state index contributed by atoms with van der Waals surface area (Å²) in [5.74, 6) is 3.82. The van der Waals surface area contributed by atoms with Gasteiger partial charge in [-0.15, -0.1) is 0 Å². The topological polar surface area (TPSA) is 65.9 Å². The average Bonchev–Trinajstić information content (AvgIpc) is 2.88. The molecule has 4 rings (SSSR count). The molecule has 7 nitrogen and oxygen atoms in total. The highest BCUT2D eigenvalue weighted by atomic mass is 16.5. The van der Waals surface area contributed by atoms with E-state index >= 15 is 0 Å². The molecule has 170 valence electrons. The zero-order valence-corrected chi connectivity index (χ0v) is 19.2. The van der Waals surface area contributed by atoms with Crippen LogP contribution in [-0.2, 0) is 13.1 Å². The number of methoxy groups -OCH3 is 4. The third-order valence-corrected chi connectivity index (χ3v) is 5.51. The predicted molar refractivity (Wildman–Crippen MR) is 129 cm³/mol. The Hall–Kier alpha value is -4.00. The Kier molecular flexibility index (Phi) is 6.78. The van der Waals surface area contributed by atoms with Gasteiger partial charge in [0.1, 0.15) is 28.8 Å². The molecule has 0 N–H and O–H groups in total. The van der Waals surface area contributed by atoms with Crippen LogP contribution in [0.3, 0.4) is 0 Å². The number of anilines is 1. The first kappa shape index (κ1) is 22.2. The van der Waals surface area contributed by atoms with Crippen molar-refractivity contribution in [2.24, 2.45) is 0 Å². The molecule has 0 saturated heterocycles. The number of fused-ring (bicyclic) bond motifs is 1. The Balaban J connectivity index is 1.75. The monoisotopic (exact) mass is 445 g/mol. The highest BCUT2D eigenvalue weighted by Crippen LogP contribution is 2.31. The van der Waals surface area contributed by atoms with Crippen LogP contribution in [0.25, 0.3) is 10.9 Å². The molecule has 0 bridgehead atoms. The van der Waals surface area contributed by atoms with E-state index in [0.29, 0.717) is 13.1 Å². The van der Waals surface area contributed by atoms with Gasteiger partial charge in [-0.3, -0.25) is 4.98 Å². The van der Waals surface area contributed by atoms with E-state index in [9.17, 15) is 0 Å². The minimum Gasteiger partial charge on any atom is -0.497 e. The van der Waals surface area contributed by atoms with Crippen molar-refractivity contribution in [3.8, 4) is 23.0 Å². The summed E-state index contributed by atoms with van der Waals surface area (Å²) in [5.41, 5.74) is 2.86. The quantitative estimate of drug-likeness (QED) is 0.364. The molecule has 0 aliphatic carbocycles. The lowest BCUT2D eigenvalue weighted by Gasteiger charge is -2.26. The maximum Gasteiger partial charge on any atom is 0.129 e. The van der Waals surface area contributed by atoms with Gasteiger partial charge in [-0.05, 0) is 42.5 Å². The third kappa shape index (κ3) is 4.92. The molecule has 2 aromatic carbocycles. The SMILES string of the molecule is COc1ccc(CN(Cc2ccc(OC)cc2OC)c2ccc3ccncc3n2)c(OC)c1. The highest BCUT2D eigenvalue weighted by Gasteiger charge is 2.17. The fourth-order valence-corrected chi connectivity index (χ4v) is 3.73. The molecule has 0 fully saturated rings. The number of aromatic nitrogens is 2. The van der Waals surface area contributed by atoms with Gasteiger partial charge >= 0.3 is 0 Å². The fraction of sp³-hybridized carbons (Fsp3) is 0.231. The summed E-state index contributed by atoms with van der Waals surface area (Å²) in [5, 5.41) is 1.04. The van der Waals surface area contributed by atoms with Crippen molar-refractivity contribution in [3.63, 3.8) is 0 Å². The summed E-state index contributed by atoms with van der Waals surface area (Å²) in [7, 11) is 6.61. The van der Waals surface area contributed by atoms with Gasteiger partial charge in [-0.25, -0.2) is 4.98 Å². The largest absolute Gasteiger partial charge is 0.497 e. The summed E-state index contributed by atoms with van der Waals surface area (Å²) in [6.07, 6.45) is 3.55. The van der Waals surface area contributed by atoms with E-state index in [1.807, 2.05) is 48.5 Å². The Labute approximate surface area is 193 Å². The van der Waals surface area contributed by atoms with Gasteiger partial charge in [0.05, 0.1) is 40.2 Å². The summed E-state index contributed by atoms with van der Waals surface area (Å²) in [6.45, 7) is 1.14. The van der Waals surface area contributed by atoms with E-state index in [-0.39, 0.29) is 0 Å². The number of hydrogen-bond acceptors (Lipinski definition) is 7. The van der Waals surface area contributed by atoms with E-state index in [1.165, 1.54) is 0 Å². The second-order valence-corrected chi connectivity index (χ2v) is 7.45. The number of pyridine rings is 2. The van der Waals surface area contributed by atoms with E-state index in [1.54, 1.807) is 40.8 Å². The molecular weight excluding hydrogens is 418 g/mol. The zero-order valence-electron chi connectivity index (χ0n) is 19.2. The number of benzene rings is 2. The summed E-state index contributed by atoms with van der Waals surface area (Å²) >= 11 is 0. The van der Waals surface area contributed by atoms with Crippen LogP contribution in [0.1, 0.15) is 11.1 Å². The Bertz CT molecular complexity index is 1190. The van der Waals surface area contributed by atoms with Crippen LogP contribution in [0, 0.1) is 0 Å². The number of rotatable bonds is 9. The van der Waals surface area contributed by atoms with Gasteiger partial charge in [0.15, 0.2) is 0 Å². The van der Waals surface area contributed by atoms with Crippen LogP contribution in [0.4, 0.5) is 5.82 Å². The van der Waals surface area contributed by atoms with Gasteiger partial charge in [0.2, 0.25) is 0 Å². The van der Waals surface area contributed by atoms with Crippen molar-refractivity contribution in [2.75, 3.05) is 33.3 Å². The molecule has 0 amide bonds. The van der Waals surface area contributed by atoms with Crippen LogP contribution in [0.2, 0.25) is 0 Å². The van der Waals surface area contributed by atoms with Gasteiger partial charge in [0, 0.05) is 47.9 Å². The van der Waals surface area contributed by atoms with Crippen LogP contribution in [-0.4, -0.2) is 38.4 Å². The van der Waals surface area contributed by atoms with E-state index in [2.05, 4.69) is 16.0 Å².